The van der Waals surface area contributed by atoms with Crippen LogP contribution in [0.25, 0.3) is 0 Å². The van der Waals surface area contributed by atoms with Crippen molar-refractivity contribution in [1.82, 2.24) is 10.6 Å². The summed E-state index contributed by atoms with van der Waals surface area (Å²) < 4.78 is 35.2. The Morgan fingerprint density at radius 1 is 0.882 bits per heavy atom. The molecule has 2 aromatic rings. The molecule has 15 heteroatoms. The van der Waals surface area contributed by atoms with E-state index in [1.54, 1.807) is 68.6 Å². The van der Waals surface area contributed by atoms with Gasteiger partial charge < -0.3 is 39.1 Å². The average Bonchev–Trinajstić information content (AvgIpc) is 4.01. The van der Waals surface area contributed by atoms with E-state index in [1.807, 2.05) is 54.5 Å². The number of nitrogens with one attached hydrogen (secondary N) is 2. The highest BCUT2D eigenvalue weighted by atomic mass is 16.6. The highest BCUT2D eigenvalue weighted by Crippen LogP contribution is 2.72. The molecule has 4 fully saturated rings. The molecule has 0 aromatic heterocycles. The molecule has 1 amide bonds. The first kappa shape index (κ1) is 55.2. The summed E-state index contributed by atoms with van der Waals surface area (Å²) in [6, 6.07) is 16.3. The van der Waals surface area contributed by atoms with Crippen molar-refractivity contribution in [3.8, 4) is 0 Å². The maximum atomic E-state index is 15.3. The fraction of sp³-hybridized carbons (Fsp3) is 0.604. The fourth-order valence-corrected chi connectivity index (χ4v) is 10.8. The van der Waals surface area contributed by atoms with Crippen molar-refractivity contribution in [3.05, 3.63) is 82.9 Å². The van der Waals surface area contributed by atoms with Crippen LogP contribution in [-0.4, -0.2) is 99.4 Å². The molecule has 4 aliphatic carbocycles. The molecular weight excluding hydrogens is 873 g/mol. The molecule has 2 aromatic carbocycles. The van der Waals surface area contributed by atoms with Gasteiger partial charge in [-0.25, -0.2) is 9.59 Å². The van der Waals surface area contributed by atoms with Crippen LogP contribution in [0.1, 0.15) is 124 Å². The zero-order valence-corrected chi connectivity index (χ0v) is 41.1. The average molecular weight is 947 g/mol. The Kier molecular flexibility index (Phi) is 18.5. The number of likely N-dealkylation sites (N-methyl/N-ethyl adjacent to an activating group) is 1. The number of amides is 1. The van der Waals surface area contributed by atoms with Gasteiger partial charge in [0.1, 0.15) is 18.2 Å². The van der Waals surface area contributed by atoms with Crippen LogP contribution in [0.2, 0.25) is 0 Å². The van der Waals surface area contributed by atoms with Gasteiger partial charge in [0, 0.05) is 43.4 Å². The van der Waals surface area contributed by atoms with Gasteiger partial charge in [0.2, 0.25) is 12.0 Å². The Bertz CT molecular complexity index is 2170. The minimum Gasteiger partial charge on any atom is -0.469 e. The lowest BCUT2D eigenvalue weighted by Gasteiger charge is -2.58. The summed E-state index contributed by atoms with van der Waals surface area (Å²) in [5, 5.41) is 5.70. The van der Waals surface area contributed by atoms with Gasteiger partial charge in [-0.1, -0.05) is 104 Å². The fourth-order valence-electron chi connectivity index (χ4n) is 10.8. The van der Waals surface area contributed by atoms with Crippen LogP contribution in [-0.2, 0) is 57.2 Å². The highest BCUT2D eigenvalue weighted by Gasteiger charge is 2.76. The first-order valence-corrected chi connectivity index (χ1v) is 23.4. The Morgan fingerprint density at radius 3 is 2.01 bits per heavy atom. The van der Waals surface area contributed by atoms with E-state index >= 15 is 4.79 Å². The number of carbonyl (C=O) groups excluding carboxylic acids is 7. The molecule has 374 valence electrons. The van der Waals surface area contributed by atoms with Gasteiger partial charge >= 0.3 is 29.8 Å². The number of benzene rings is 2. The van der Waals surface area contributed by atoms with Gasteiger partial charge in [0.25, 0.3) is 0 Å². The Hall–Kier alpha value is -5.41. The van der Waals surface area contributed by atoms with Crippen molar-refractivity contribution in [1.29, 1.82) is 0 Å². The number of carbonyl (C=O) groups is 7. The monoisotopic (exact) mass is 947 g/mol. The summed E-state index contributed by atoms with van der Waals surface area (Å²) >= 11 is 0. The maximum Gasteiger partial charge on any atom is 0.350 e. The molecule has 68 heavy (non-hydrogen) atoms. The van der Waals surface area contributed by atoms with Gasteiger partial charge in [0.05, 0.1) is 31.9 Å². The smallest absolute Gasteiger partial charge is 0.350 e. The minimum atomic E-state index is -1.63. The third-order valence-electron chi connectivity index (χ3n) is 13.8. The number of methoxy groups -OCH3 is 1. The van der Waals surface area contributed by atoms with Crippen LogP contribution in [0.3, 0.4) is 0 Å². The van der Waals surface area contributed by atoms with Crippen LogP contribution >= 0.6 is 0 Å². The molecule has 11 atom stereocenters. The molecule has 3 saturated carbocycles. The number of fused-ring (bicyclic) bond motifs is 4. The molecule has 1 spiro atoms. The number of Topliss-reactive ketones (excluding diaryl/α,β-unsaturated/α-hetero) is 1. The summed E-state index contributed by atoms with van der Waals surface area (Å²) in [7, 11) is 2.92. The van der Waals surface area contributed by atoms with E-state index < -0.39 is 82.4 Å². The number of hydrogen-bond acceptors (Lipinski definition) is 14. The van der Waals surface area contributed by atoms with Crippen molar-refractivity contribution in [3.63, 3.8) is 0 Å². The summed E-state index contributed by atoms with van der Waals surface area (Å²) in [5.74, 6) is -4.82. The molecule has 1 aliphatic heterocycles. The lowest BCUT2D eigenvalue weighted by Crippen LogP contribution is -2.64. The predicted molar refractivity (Wildman–Crippen MR) is 254 cm³/mol. The predicted octanol–water partition coefficient (Wildman–Crippen LogP) is 7.31. The molecule has 0 radical (unpaired) electrons. The van der Waals surface area contributed by atoms with E-state index in [9.17, 15) is 28.8 Å². The van der Waals surface area contributed by atoms with E-state index in [0.717, 1.165) is 0 Å². The number of hydrogen-bond donors (Lipinski definition) is 2. The quantitative estimate of drug-likeness (QED) is 0.122. The third kappa shape index (κ3) is 11.9. The summed E-state index contributed by atoms with van der Waals surface area (Å²) in [4.78, 5) is 93.5. The Balaban J connectivity index is 0.00000118. The number of ketones is 1. The molecule has 15 nitrogen and oxygen atoms in total. The van der Waals surface area contributed by atoms with Gasteiger partial charge in [-0.15, -0.1) is 0 Å². The molecule has 2 N–H and O–H groups in total. The van der Waals surface area contributed by atoms with Crippen LogP contribution < -0.4 is 10.6 Å². The van der Waals surface area contributed by atoms with Crippen molar-refractivity contribution in [2.24, 2.45) is 39.9 Å². The normalized spacial score (nSPS) is 27.9. The lowest BCUT2D eigenvalue weighted by atomic mass is 9.51. The zero-order valence-electron chi connectivity index (χ0n) is 41.1. The van der Waals surface area contributed by atoms with Crippen LogP contribution in [0.15, 0.2) is 71.8 Å². The second kappa shape index (κ2) is 22.8. The third-order valence-corrected chi connectivity index (χ3v) is 13.8. The topological polar surface area (TPSA) is 199 Å². The van der Waals surface area contributed by atoms with Gasteiger partial charge in [-0.2, -0.15) is 0 Å². The van der Waals surface area contributed by atoms with Crippen molar-refractivity contribution < 1.29 is 62.0 Å². The second-order valence-corrected chi connectivity index (χ2v) is 19.7. The molecule has 7 rings (SSSR count). The maximum absolute atomic E-state index is 15.3. The first-order chi connectivity index (χ1) is 31.6. The minimum absolute atomic E-state index is 0. The van der Waals surface area contributed by atoms with Gasteiger partial charge in [-0.3, -0.25) is 24.0 Å². The summed E-state index contributed by atoms with van der Waals surface area (Å²) in [6.07, 6.45) is -3.34. The highest BCUT2D eigenvalue weighted by molar-refractivity contribution is 5.97. The molecule has 5 aliphatic rings. The lowest BCUT2D eigenvalue weighted by molar-refractivity contribution is -0.213. The zero-order chi connectivity index (χ0) is 49.6. The largest absolute Gasteiger partial charge is 0.469 e. The first-order valence-electron chi connectivity index (χ1n) is 23.4. The van der Waals surface area contributed by atoms with Crippen molar-refractivity contribution in [2.75, 3.05) is 27.3 Å². The van der Waals surface area contributed by atoms with E-state index in [1.165, 1.54) is 21.0 Å². The van der Waals surface area contributed by atoms with Crippen molar-refractivity contribution in [2.45, 2.75) is 139 Å². The van der Waals surface area contributed by atoms with Gasteiger partial charge in [-0.05, 0) is 78.8 Å². The SMILES string of the molecule is C.CC.CNCC(=O)O[C@@H](C(=O)O[C@H]1CC2[C@@H](OC(=O)c3ccccc3)C3[C@@H]4CO[C@@H]4C[C@@H]4CC34C(=O)[C@H](OC(C)=O)C(=C1C)C2(C)C)C(NC(=O)CC(C)(C)C)c1ccccc1.COC(C)=O. The number of ether oxygens (including phenoxy) is 6. The van der Waals surface area contributed by atoms with E-state index in [4.69, 9.17) is 23.7 Å². The van der Waals surface area contributed by atoms with Gasteiger partial charge in [0.15, 0.2) is 11.9 Å². The molecule has 1 heterocycles. The van der Waals surface area contributed by atoms with Crippen LogP contribution in [0.4, 0.5) is 0 Å². The van der Waals surface area contributed by atoms with Crippen LogP contribution in [0, 0.1) is 39.9 Å². The molecule has 2 bridgehead atoms. The molecule has 1 saturated heterocycles. The molecular formula is C53H74N2O13. The van der Waals surface area contributed by atoms with E-state index in [0.29, 0.717) is 41.7 Å². The van der Waals surface area contributed by atoms with E-state index in [2.05, 4.69) is 15.4 Å². The van der Waals surface area contributed by atoms with Crippen molar-refractivity contribution >= 4 is 41.5 Å². The Labute approximate surface area is 402 Å². The number of rotatable bonds is 12. The standard InChI is InChI=1S/C47H58N2O11.C3H6O2.C2H6.CH4/c1-25-32(58-44(55)41(59-35(52)23-48-8)38(27-15-11-9-12-16-27)49-34(51)22-45(3,4)5)20-31-39(60-43(54)28-17-13-10-14-18-28)37-30-24-56-33(30)19-29-21-47(29,37)42(53)40(57-26(2)50)36(25)46(31,6)7;1-3(4)5-2;1-2;/h9-18,29-33,37-41,48H,19-24H2,1-8H3,(H,49,51);1-2H3;1-2H3;1H4/t29-,30-,31?,32+,33-,37?,38?,39-,40-,41-,47?;;;/m1.../s1. The summed E-state index contributed by atoms with van der Waals surface area (Å²) in [5.41, 5.74) is -0.342. The molecule has 4 unspecified atom stereocenters. The number of esters is 5. The second-order valence-electron chi connectivity index (χ2n) is 19.7. The van der Waals surface area contributed by atoms with E-state index in [-0.39, 0.29) is 62.4 Å². The summed E-state index contributed by atoms with van der Waals surface area (Å²) in [6.45, 7) is 18.2. The van der Waals surface area contributed by atoms with Crippen LogP contribution in [0.5, 0.6) is 0 Å². The Morgan fingerprint density at radius 2 is 1.49 bits per heavy atom.